The van der Waals surface area contributed by atoms with Crippen LogP contribution in [0.2, 0.25) is 0 Å². The number of nitrogens with zero attached hydrogens (tertiary/aromatic N) is 1. The predicted molar refractivity (Wildman–Crippen MR) is 92.4 cm³/mol. The van der Waals surface area contributed by atoms with Gasteiger partial charge in [0.2, 0.25) is 0 Å². The van der Waals surface area contributed by atoms with Crippen molar-refractivity contribution in [1.82, 2.24) is 10.3 Å². The van der Waals surface area contributed by atoms with Gasteiger partial charge in [-0.25, -0.2) is 9.78 Å². The molecule has 1 heterocycles. The highest BCUT2D eigenvalue weighted by atomic mass is 32.1. The van der Waals surface area contributed by atoms with E-state index in [9.17, 15) is 14.7 Å². The van der Waals surface area contributed by atoms with Crippen molar-refractivity contribution < 1.29 is 19.4 Å². The van der Waals surface area contributed by atoms with Crippen LogP contribution in [-0.4, -0.2) is 35.1 Å². The summed E-state index contributed by atoms with van der Waals surface area (Å²) in [6.07, 6.45) is 1.85. The summed E-state index contributed by atoms with van der Waals surface area (Å²) in [6, 6.07) is 6.46. The summed E-state index contributed by atoms with van der Waals surface area (Å²) in [5.74, 6) is -0.536. The lowest BCUT2D eigenvalue weighted by Crippen LogP contribution is -2.41. The summed E-state index contributed by atoms with van der Waals surface area (Å²) in [5, 5.41) is 12.5. The molecule has 1 aromatic carbocycles. The van der Waals surface area contributed by atoms with Crippen molar-refractivity contribution in [3.8, 4) is 16.3 Å². The zero-order chi connectivity index (χ0) is 17.7. The number of nitrogens with one attached hydrogen (secondary N) is 1. The molecule has 0 spiro atoms. The van der Waals surface area contributed by atoms with Gasteiger partial charge < -0.3 is 15.2 Å². The first kappa shape index (κ1) is 17.9. The number of thiazole rings is 1. The minimum atomic E-state index is -1.03. The minimum absolute atomic E-state index is 0.169. The molecule has 1 amide bonds. The number of carbonyl (C=O) groups is 2. The third-order valence-electron chi connectivity index (χ3n) is 3.38. The fourth-order valence-corrected chi connectivity index (χ4v) is 2.99. The Balaban J connectivity index is 2.10. The van der Waals surface area contributed by atoms with Crippen LogP contribution in [0.3, 0.4) is 0 Å². The summed E-state index contributed by atoms with van der Waals surface area (Å²) < 4.78 is 5.11. The van der Waals surface area contributed by atoms with Gasteiger partial charge in [-0.15, -0.1) is 11.3 Å². The summed E-state index contributed by atoms with van der Waals surface area (Å²) in [4.78, 5) is 28.1. The summed E-state index contributed by atoms with van der Waals surface area (Å²) in [6.45, 7) is 3.83. The molecule has 24 heavy (non-hydrogen) atoms. The Labute approximate surface area is 144 Å². The van der Waals surface area contributed by atoms with Gasteiger partial charge in [-0.2, -0.15) is 0 Å². The van der Waals surface area contributed by atoms with E-state index in [0.717, 1.165) is 11.3 Å². The van der Waals surface area contributed by atoms with Crippen LogP contribution in [-0.2, 0) is 4.79 Å². The molecule has 0 saturated carbocycles. The average Bonchev–Trinajstić information content (AvgIpc) is 3.04. The molecule has 6 nitrogen and oxygen atoms in total. The van der Waals surface area contributed by atoms with Crippen LogP contribution < -0.4 is 10.1 Å². The van der Waals surface area contributed by atoms with Gasteiger partial charge in [0, 0.05) is 5.56 Å². The Bertz CT molecular complexity index is 710. The maximum atomic E-state index is 12.3. The highest BCUT2D eigenvalue weighted by molar-refractivity contribution is 7.16. The third kappa shape index (κ3) is 4.55. The minimum Gasteiger partial charge on any atom is -0.497 e. The van der Waals surface area contributed by atoms with Crippen molar-refractivity contribution >= 4 is 23.2 Å². The standard InChI is InChI=1S/C17H20N2O4S/c1-10(2)8-13(17(21)22)19-15(20)14-9-18-16(24-14)11-4-6-12(23-3)7-5-11/h4-7,9-10,13H,8H2,1-3H3,(H,19,20)(H,21,22). The number of methoxy groups -OCH3 is 1. The molecular weight excluding hydrogens is 328 g/mol. The molecule has 0 aliphatic carbocycles. The van der Waals surface area contributed by atoms with E-state index in [2.05, 4.69) is 10.3 Å². The average molecular weight is 348 g/mol. The number of ether oxygens (including phenoxy) is 1. The number of rotatable bonds is 7. The second kappa shape index (κ2) is 7.92. The zero-order valence-corrected chi connectivity index (χ0v) is 14.6. The van der Waals surface area contributed by atoms with Gasteiger partial charge in [0.05, 0.1) is 13.3 Å². The van der Waals surface area contributed by atoms with Crippen LogP contribution in [0.15, 0.2) is 30.5 Å². The number of carboxylic acid groups (broad SMARTS) is 1. The Kier molecular flexibility index (Phi) is 5.92. The lowest BCUT2D eigenvalue weighted by Gasteiger charge is -2.15. The molecule has 2 rings (SSSR count). The molecule has 128 valence electrons. The van der Waals surface area contributed by atoms with E-state index in [1.807, 2.05) is 38.1 Å². The van der Waals surface area contributed by atoms with Crippen LogP contribution in [0.25, 0.3) is 10.6 Å². The maximum absolute atomic E-state index is 12.3. The van der Waals surface area contributed by atoms with Gasteiger partial charge in [-0.05, 0) is 36.6 Å². The maximum Gasteiger partial charge on any atom is 0.326 e. The number of benzene rings is 1. The molecule has 1 atom stereocenters. The van der Waals surface area contributed by atoms with Crippen molar-refractivity contribution in [2.24, 2.45) is 5.92 Å². The number of aromatic nitrogens is 1. The number of carbonyl (C=O) groups excluding carboxylic acids is 1. The lowest BCUT2D eigenvalue weighted by atomic mass is 10.0. The van der Waals surface area contributed by atoms with Crippen molar-refractivity contribution in [2.75, 3.05) is 7.11 Å². The second-order valence-electron chi connectivity index (χ2n) is 5.75. The van der Waals surface area contributed by atoms with E-state index in [1.165, 1.54) is 17.5 Å². The SMILES string of the molecule is COc1ccc(-c2ncc(C(=O)NC(CC(C)C)C(=O)O)s2)cc1. The zero-order valence-electron chi connectivity index (χ0n) is 13.8. The first-order valence-corrected chi connectivity index (χ1v) is 8.36. The quantitative estimate of drug-likeness (QED) is 0.803. The first-order chi connectivity index (χ1) is 11.4. The van der Waals surface area contributed by atoms with Crippen LogP contribution in [0.5, 0.6) is 5.75 Å². The Morgan fingerprint density at radius 2 is 1.96 bits per heavy atom. The number of aliphatic carboxylic acids is 1. The predicted octanol–water partition coefficient (Wildman–Crippen LogP) is 3.05. The molecule has 0 saturated heterocycles. The molecule has 0 aliphatic heterocycles. The molecule has 0 bridgehead atoms. The fraction of sp³-hybridized carbons (Fsp3) is 0.353. The normalized spacial score (nSPS) is 12.0. The van der Waals surface area contributed by atoms with Crippen LogP contribution in [0, 0.1) is 5.92 Å². The largest absolute Gasteiger partial charge is 0.497 e. The molecule has 2 N–H and O–H groups in total. The Hall–Kier alpha value is -2.41. The molecule has 7 heteroatoms. The van der Waals surface area contributed by atoms with Crippen molar-refractivity contribution in [2.45, 2.75) is 26.3 Å². The molecule has 0 fully saturated rings. The fourth-order valence-electron chi connectivity index (χ4n) is 2.17. The highest BCUT2D eigenvalue weighted by Gasteiger charge is 2.23. The van der Waals surface area contributed by atoms with Crippen LogP contribution in [0.4, 0.5) is 0 Å². The Morgan fingerprint density at radius 1 is 1.29 bits per heavy atom. The number of carboxylic acids is 1. The summed E-state index contributed by atoms with van der Waals surface area (Å²) in [5.41, 5.74) is 0.872. The summed E-state index contributed by atoms with van der Waals surface area (Å²) >= 11 is 1.22. The molecule has 0 radical (unpaired) electrons. The van der Waals surface area contributed by atoms with E-state index < -0.39 is 17.9 Å². The third-order valence-corrected chi connectivity index (χ3v) is 4.42. The van der Waals surface area contributed by atoms with Crippen molar-refractivity contribution in [1.29, 1.82) is 0 Å². The monoisotopic (exact) mass is 348 g/mol. The van der Waals surface area contributed by atoms with Crippen molar-refractivity contribution in [3.05, 3.63) is 35.3 Å². The van der Waals surface area contributed by atoms with Crippen LogP contribution >= 0.6 is 11.3 Å². The molecule has 1 aromatic heterocycles. The molecular formula is C17H20N2O4S. The Morgan fingerprint density at radius 3 is 2.50 bits per heavy atom. The van der Waals surface area contributed by atoms with E-state index in [4.69, 9.17) is 4.74 Å². The van der Waals surface area contributed by atoms with E-state index in [1.54, 1.807) is 7.11 Å². The lowest BCUT2D eigenvalue weighted by molar-refractivity contribution is -0.139. The molecule has 0 aliphatic rings. The molecule has 2 aromatic rings. The summed E-state index contributed by atoms with van der Waals surface area (Å²) in [7, 11) is 1.59. The number of hydrogen-bond donors (Lipinski definition) is 2. The molecule has 1 unspecified atom stereocenters. The van der Waals surface area contributed by atoms with E-state index >= 15 is 0 Å². The number of hydrogen-bond acceptors (Lipinski definition) is 5. The van der Waals surface area contributed by atoms with Gasteiger partial charge in [-0.1, -0.05) is 13.8 Å². The second-order valence-corrected chi connectivity index (χ2v) is 6.78. The smallest absolute Gasteiger partial charge is 0.326 e. The first-order valence-electron chi connectivity index (χ1n) is 7.54. The van der Waals surface area contributed by atoms with Crippen LogP contribution in [0.1, 0.15) is 29.9 Å². The van der Waals surface area contributed by atoms with Gasteiger partial charge >= 0.3 is 5.97 Å². The number of amides is 1. The van der Waals surface area contributed by atoms with Gasteiger partial charge in [0.1, 0.15) is 21.7 Å². The van der Waals surface area contributed by atoms with Gasteiger partial charge in [0.15, 0.2) is 0 Å². The highest BCUT2D eigenvalue weighted by Crippen LogP contribution is 2.27. The van der Waals surface area contributed by atoms with E-state index in [0.29, 0.717) is 16.3 Å². The van der Waals surface area contributed by atoms with Gasteiger partial charge in [-0.3, -0.25) is 4.79 Å². The van der Waals surface area contributed by atoms with Crippen molar-refractivity contribution in [3.63, 3.8) is 0 Å². The van der Waals surface area contributed by atoms with Gasteiger partial charge in [0.25, 0.3) is 5.91 Å². The topological polar surface area (TPSA) is 88.5 Å². The van der Waals surface area contributed by atoms with E-state index in [-0.39, 0.29) is 5.92 Å².